The van der Waals surface area contributed by atoms with Crippen LogP contribution in [0.5, 0.6) is 0 Å². The van der Waals surface area contributed by atoms with Gasteiger partial charge in [-0.2, -0.15) is 0 Å². The predicted octanol–water partition coefficient (Wildman–Crippen LogP) is 7.31. The summed E-state index contributed by atoms with van der Waals surface area (Å²) in [6.07, 6.45) is 0. The molecule has 5 nitrogen and oxygen atoms in total. The van der Waals surface area contributed by atoms with Crippen molar-refractivity contribution in [2.45, 2.75) is 0 Å². The van der Waals surface area contributed by atoms with E-state index in [2.05, 4.69) is 10.3 Å². The minimum Gasteiger partial charge on any atom is -0.451 e. The Hall–Kier alpha value is -3.54. The monoisotopic (exact) mass is 448 g/mol. The second kappa shape index (κ2) is 7.95. The van der Waals surface area contributed by atoms with Crippen molar-refractivity contribution >= 4 is 45.9 Å². The van der Waals surface area contributed by atoms with Crippen LogP contribution in [0.25, 0.3) is 33.9 Å². The van der Waals surface area contributed by atoms with E-state index in [9.17, 15) is 4.79 Å². The van der Waals surface area contributed by atoms with Gasteiger partial charge in [0.25, 0.3) is 5.91 Å². The number of rotatable bonds is 4. The molecular formula is C24H14Cl2N2O3. The van der Waals surface area contributed by atoms with Gasteiger partial charge in [0, 0.05) is 26.9 Å². The second-order valence-electron chi connectivity index (χ2n) is 6.84. The molecule has 0 aliphatic carbocycles. The molecule has 0 fully saturated rings. The van der Waals surface area contributed by atoms with Crippen LogP contribution in [0, 0.1) is 0 Å². The highest BCUT2D eigenvalue weighted by atomic mass is 35.5. The van der Waals surface area contributed by atoms with Crippen molar-refractivity contribution in [1.82, 2.24) is 4.98 Å². The third kappa shape index (κ3) is 4.06. The summed E-state index contributed by atoms with van der Waals surface area (Å²) in [5, 5.41) is 4.06. The van der Waals surface area contributed by atoms with Gasteiger partial charge in [0.05, 0.1) is 0 Å². The number of anilines is 1. The Bertz CT molecular complexity index is 1400. The number of aromatic nitrogens is 1. The molecule has 0 unspecified atom stereocenters. The van der Waals surface area contributed by atoms with Gasteiger partial charge in [-0.3, -0.25) is 4.79 Å². The zero-order valence-corrected chi connectivity index (χ0v) is 17.4. The van der Waals surface area contributed by atoms with Gasteiger partial charge in [-0.1, -0.05) is 29.3 Å². The molecule has 0 saturated heterocycles. The van der Waals surface area contributed by atoms with Gasteiger partial charge in [0.15, 0.2) is 11.3 Å². The molecule has 0 atom stereocenters. The topological polar surface area (TPSA) is 68.3 Å². The minimum absolute atomic E-state index is 0.199. The van der Waals surface area contributed by atoms with Crippen molar-refractivity contribution in [2.24, 2.45) is 0 Å². The highest BCUT2D eigenvalue weighted by molar-refractivity contribution is 6.31. The van der Waals surface area contributed by atoms with E-state index >= 15 is 0 Å². The number of carbonyl (C=O) groups excluding carboxylic acids is 1. The maximum atomic E-state index is 12.6. The van der Waals surface area contributed by atoms with Crippen molar-refractivity contribution in [3.05, 3.63) is 94.7 Å². The summed E-state index contributed by atoms with van der Waals surface area (Å²) in [7, 11) is 0. The second-order valence-corrected chi connectivity index (χ2v) is 7.71. The first-order chi connectivity index (χ1) is 15.0. The SMILES string of the molecule is O=C(Nc1ccc2oc(-c3cccc(Cl)c3)nc2c1)c1ccc(-c2ccc(Cl)cc2)o1. The van der Waals surface area contributed by atoms with Crippen LogP contribution in [0.15, 0.2) is 87.7 Å². The third-order valence-corrected chi connectivity index (χ3v) is 5.16. The fraction of sp³-hybridized carbons (Fsp3) is 0. The van der Waals surface area contributed by atoms with E-state index in [1.54, 1.807) is 54.6 Å². The average Bonchev–Trinajstić information content (AvgIpc) is 3.41. The van der Waals surface area contributed by atoms with E-state index in [1.165, 1.54) is 0 Å². The molecule has 1 amide bonds. The third-order valence-electron chi connectivity index (χ3n) is 4.68. The number of oxazole rings is 1. The molecular weight excluding hydrogens is 435 g/mol. The lowest BCUT2D eigenvalue weighted by Gasteiger charge is -2.02. The fourth-order valence-corrected chi connectivity index (χ4v) is 3.49. The molecule has 31 heavy (non-hydrogen) atoms. The first kappa shape index (κ1) is 19.4. The molecule has 7 heteroatoms. The number of benzene rings is 3. The van der Waals surface area contributed by atoms with E-state index in [4.69, 9.17) is 32.0 Å². The highest BCUT2D eigenvalue weighted by Gasteiger charge is 2.14. The van der Waals surface area contributed by atoms with Crippen LogP contribution in [-0.4, -0.2) is 10.9 Å². The number of halogens is 2. The van der Waals surface area contributed by atoms with Crippen LogP contribution in [-0.2, 0) is 0 Å². The zero-order valence-electron chi connectivity index (χ0n) is 15.9. The number of nitrogens with one attached hydrogen (secondary N) is 1. The number of furan rings is 1. The van der Waals surface area contributed by atoms with E-state index in [0.717, 1.165) is 11.1 Å². The highest BCUT2D eigenvalue weighted by Crippen LogP contribution is 2.28. The van der Waals surface area contributed by atoms with Gasteiger partial charge in [0.2, 0.25) is 5.89 Å². The van der Waals surface area contributed by atoms with Crippen molar-refractivity contribution in [1.29, 1.82) is 0 Å². The largest absolute Gasteiger partial charge is 0.451 e. The van der Waals surface area contributed by atoms with E-state index < -0.39 is 0 Å². The standard InChI is InChI=1S/C24H14Cl2N2O3/c25-16-6-4-14(5-7-16)20-10-11-22(30-20)23(29)27-18-8-9-21-19(13-18)28-24(31-21)15-2-1-3-17(26)12-15/h1-13H,(H,27,29). The van der Waals surface area contributed by atoms with Crippen LogP contribution < -0.4 is 5.32 Å². The maximum absolute atomic E-state index is 12.6. The number of amides is 1. The number of hydrogen-bond acceptors (Lipinski definition) is 4. The smallest absolute Gasteiger partial charge is 0.291 e. The van der Waals surface area contributed by atoms with Crippen LogP contribution >= 0.6 is 23.2 Å². The Morgan fingerprint density at radius 1 is 0.806 bits per heavy atom. The van der Waals surface area contributed by atoms with Gasteiger partial charge in [0.1, 0.15) is 11.3 Å². The number of hydrogen-bond donors (Lipinski definition) is 1. The van der Waals surface area contributed by atoms with Crippen LogP contribution in [0.3, 0.4) is 0 Å². The minimum atomic E-state index is -0.363. The summed E-state index contributed by atoms with van der Waals surface area (Å²) >= 11 is 12.0. The summed E-state index contributed by atoms with van der Waals surface area (Å²) in [5.74, 6) is 0.877. The fourth-order valence-electron chi connectivity index (χ4n) is 3.17. The molecule has 0 aliphatic heterocycles. The van der Waals surface area contributed by atoms with Gasteiger partial charge in [-0.25, -0.2) is 4.98 Å². The van der Waals surface area contributed by atoms with E-state index in [1.807, 2.05) is 24.3 Å². The molecule has 5 rings (SSSR count). The van der Waals surface area contributed by atoms with Crippen molar-refractivity contribution in [3.63, 3.8) is 0 Å². The van der Waals surface area contributed by atoms with Gasteiger partial charge in [-0.05, 0) is 72.8 Å². The Balaban J connectivity index is 1.36. The lowest BCUT2D eigenvalue weighted by molar-refractivity contribution is 0.0997. The first-order valence-corrected chi connectivity index (χ1v) is 10.1. The molecule has 1 N–H and O–H groups in total. The summed E-state index contributed by atoms with van der Waals surface area (Å²) in [6, 6.07) is 23.1. The number of carbonyl (C=O) groups is 1. The maximum Gasteiger partial charge on any atom is 0.291 e. The molecule has 0 radical (unpaired) electrons. The average molecular weight is 449 g/mol. The van der Waals surface area contributed by atoms with Crippen LogP contribution in [0.4, 0.5) is 5.69 Å². The molecule has 2 aromatic heterocycles. The van der Waals surface area contributed by atoms with Gasteiger partial charge in [-0.15, -0.1) is 0 Å². The Kier molecular flexibility index (Phi) is 4.98. The summed E-state index contributed by atoms with van der Waals surface area (Å²) in [6.45, 7) is 0. The van der Waals surface area contributed by atoms with E-state index in [0.29, 0.717) is 38.5 Å². The Labute approximate surface area is 187 Å². The summed E-state index contributed by atoms with van der Waals surface area (Å²) in [5.41, 5.74) is 3.42. The predicted molar refractivity (Wildman–Crippen MR) is 122 cm³/mol. The Morgan fingerprint density at radius 3 is 2.45 bits per heavy atom. The molecule has 0 bridgehead atoms. The number of fused-ring (bicyclic) bond motifs is 1. The Morgan fingerprint density at radius 2 is 1.65 bits per heavy atom. The van der Waals surface area contributed by atoms with E-state index in [-0.39, 0.29) is 11.7 Å². The number of nitrogens with zero attached hydrogens (tertiary/aromatic N) is 1. The zero-order chi connectivity index (χ0) is 21.4. The van der Waals surface area contributed by atoms with Gasteiger partial charge < -0.3 is 14.2 Å². The molecule has 0 spiro atoms. The van der Waals surface area contributed by atoms with Crippen LogP contribution in [0.1, 0.15) is 10.6 Å². The van der Waals surface area contributed by atoms with Crippen molar-refractivity contribution < 1.29 is 13.6 Å². The quantitative estimate of drug-likeness (QED) is 0.312. The molecule has 2 heterocycles. The summed E-state index contributed by atoms with van der Waals surface area (Å²) < 4.78 is 11.5. The molecule has 0 saturated carbocycles. The molecule has 5 aromatic rings. The first-order valence-electron chi connectivity index (χ1n) is 9.39. The molecule has 0 aliphatic rings. The van der Waals surface area contributed by atoms with Crippen molar-refractivity contribution in [2.75, 3.05) is 5.32 Å². The van der Waals surface area contributed by atoms with Gasteiger partial charge >= 0.3 is 0 Å². The normalized spacial score (nSPS) is 11.0. The molecule has 152 valence electrons. The lowest BCUT2D eigenvalue weighted by atomic mass is 10.2. The van der Waals surface area contributed by atoms with Crippen LogP contribution in [0.2, 0.25) is 10.0 Å². The molecule has 3 aromatic carbocycles. The summed E-state index contributed by atoms with van der Waals surface area (Å²) in [4.78, 5) is 17.1. The van der Waals surface area contributed by atoms with Crippen molar-refractivity contribution in [3.8, 4) is 22.8 Å². The lowest BCUT2D eigenvalue weighted by Crippen LogP contribution is -2.10.